The third kappa shape index (κ3) is 2.84. The molecule has 17 heavy (non-hydrogen) atoms. The number of hydrogen-bond donors (Lipinski definition) is 1. The summed E-state index contributed by atoms with van der Waals surface area (Å²) in [5.41, 5.74) is 0.453. The van der Waals surface area contributed by atoms with Crippen LogP contribution in [0.1, 0.15) is 13.3 Å². The van der Waals surface area contributed by atoms with Crippen molar-refractivity contribution in [1.82, 2.24) is 0 Å². The van der Waals surface area contributed by atoms with Crippen molar-refractivity contribution in [3.05, 3.63) is 28.5 Å². The number of halogens is 2. The molecule has 0 spiro atoms. The van der Waals surface area contributed by atoms with Crippen LogP contribution in [0.4, 0.5) is 10.1 Å². The number of carbonyl (C=O) groups is 1. The van der Waals surface area contributed by atoms with E-state index in [2.05, 4.69) is 21.2 Å². The average molecular weight is 302 g/mol. The fourth-order valence-electron chi connectivity index (χ4n) is 1.89. The van der Waals surface area contributed by atoms with E-state index >= 15 is 0 Å². The molecular weight excluding hydrogens is 289 g/mol. The van der Waals surface area contributed by atoms with Gasteiger partial charge in [-0.15, -0.1) is 0 Å². The Bertz CT molecular complexity index is 439. The normalized spacial score (nSPS) is 23.7. The van der Waals surface area contributed by atoms with Gasteiger partial charge in [-0.2, -0.15) is 0 Å². The molecule has 1 aliphatic rings. The topological polar surface area (TPSA) is 38.3 Å². The molecule has 2 atom stereocenters. The van der Waals surface area contributed by atoms with Crippen molar-refractivity contribution in [3.63, 3.8) is 0 Å². The van der Waals surface area contributed by atoms with Crippen LogP contribution in [0.25, 0.3) is 0 Å². The van der Waals surface area contributed by atoms with Gasteiger partial charge in [0.15, 0.2) is 0 Å². The molecule has 1 aromatic carbocycles. The molecule has 1 fully saturated rings. The van der Waals surface area contributed by atoms with Gasteiger partial charge in [0.05, 0.1) is 17.7 Å². The fourth-order valence-corrected chi connectivity index (χ4v) is 2.24. The minimum absolute atomic E-state index is 0.0812. The van der Waals surface area contributed by atoms with Gasteiger partial charge in [0.25, 0.3) is 0 Å². The quantitative estimate of drug-likeness (QED) is 0.912. The van der Waals surface area contributed by atoms with E-state index in [0.717, 1.165) is 0 Å². The molecule has 5 heteroatoms. The Kier molecular flexibility index (Phi) is 3.79. The van der Waals surface area contributed by atoms with Crippen LogP contribution < -0.4 is 5.32 Å². The van der Waals surface area contributed by atoms with Gasteiger partial charge in [0.1, 0.15) is 5.82 Å². The van der Waals surface area contributed by atoms with Crippen LogP contribution in [0.3, 0.4) is 0 Å². The minimum Gasteiger partial charge on any atom is -0.378 e. The molecule has 0 radical (unpaired) electrons. The lowest BCUT2D eigenvalue weighted by atomic mass is 10.0. The second kappa shape index (κ2) is 5.14. The summed E-state index contributed by atoms with van der Waals surface area (Å²) < 4.78 is 19.1. The number of anilines is 1. The van der Waals surface area contributed by atoms with Gasteiger partial charge in [0.2, 0.25) is 5.91 Å². The largest absolute Gasteiger partial charge is 0.378 e. The highest BCUT2D eigenvalue weighted by Crippen LogP contribution is 2.26. The molecule has 0 saturated carbocycles. The Hall–Kier alpha value is -0.940. The molecular formula is C12H13BrFNO2. The van der Waals surface area contributed by atoms with Gasteiger partial charge in [0, 0.05) is 11.1 Å². The standard InChI is InChI=1S/C12H13BrFNO2/c1-7-9(4-5-17-7)12(16)15-11-6-8(14)2-3-10(11)13/h2-3,6-7,9H,4-5H2,1H3,(H,15,16). The van der Waals surface area contributed by atoms with Crippen LogP contribution in [-0.2, 0) is 9.53 Å². The molecule has 0 aliphatic carbocycles. The van der Waals surface area contributed by atoms with Gasteiger partial charge < -0.3 is 10.1 Å². The van der Waals surface area contributed by atoms with Crippen LogP contribution in [0.5, 0.6) is 0 Å². The first-order valence-corrected chi connectivity index (χ1v) is 6.25. The van der Waals surface area contributed by atoms with Crippen molar-refractivity contribution >= 4 is 27.5 Å². The average Bonchev–Trinajstić information content (AvgIpc) is 2.70. The number of hydrogen-bond acceptors (Lipinski definition) is 2. The number of ether oxygens (including phenoxy) is 1. The van der Waals surface area contributed by atoms with E-state index in [4.69, 9.17) is 4.74 Å². The second-order valence-electron chi connectivity index (χ2n) is 4.08. The fraction of sp³-hybridized carbons (Fsp3) is 0.417. The monoisotopic (exact) mass is 301 g/mol. The van der Waals surface area contributed by atoms with E-state index in [0.29, 0.717) is 23.2 Å². The Balaban J connectivity index is 2.10. The van der Waals surface area contributed by atoms with Crippen molar-refractivity contribution in [2.75, 3.05) is 11.9 Å². The van der Waals surface area contributed by atoms with Gasteiger partial charge in [-0.25, -0.2) is 4.39 Å². The molecule has 1 heterocycles. The number of carbonyl (C=O) groups excluding carboxylic acids is 1. The van der Waals surface area contributed by atoms with E-state index in [9.17, 15) is 9.18 Å². The van der Waals surface area contributed by atoms with E-state index in [1.165, 1.54) is 12.1 Å². The minimum atomic E-state index is -0.376. The predicted octanol–water partition coefficient (Wildman–Crippen LogP) is 2.95. The third-order valence-corrected chi connectivity index (χ3v) is 3.59. The zero-order valence-corrected chi connectivity index (χ0v) is 11.0. The maximum atomic E-state index is 13.1. The van der Waals surface area contributed by atoms with Gasteiger partial charge >= 0.3 is 0 Å². The van der Waals surface area contributed by atoms with Crippen LogP contribution in [0.15, 0.2) is 22.7 Å². The zero-order chi connectivity index (χ0) is 12.4. The van der Waals surface area contributed by atoms with Crippen LogP contribution in [0.2, 0.25) is 0 Å². The van der Waals surface area contributed by atoms with E-state index in [1.54, 1.807) is 6.07 Å². The molecule has 2 rings (SSSR count). The van der Waals surface area contributed by atoms with Gasteiger partial charge in [-0.1, -0.05) is 0 Å². The first-order valence-electron chi connectivity index (χ1n) is 5.45. The van der Waals surface area contributed by atoms with Crippen molar-refractivity contribution in [2.45, 2.75) is 19.4 Å². The molecule has 1 saturated heterocycles. The number of benzene rings is 1. The third-order valence-electron chi connectivity index (χ3n) is 2.90. The van der Waals surface area contributed by atoms with E-state index < -0.39 is 0 Å². The summed E-state index contributed by atoms with van der Waals surface area (Å²) in [5, 5.41) is 2.72. The Morgan fingerprint density at radius 3 is 3.00 bits per heavy atom. The summed E-state index contributed by atoms with van der Waals surface area (Å²) in [6.07, 6.45) is 0.627. The Morgan fingerprint density at radius 1 is 1.59 bits per heavy atom. The molecule has 3 nitrogen and oxygen atoms in total. The summed E-state index contributed by atoms with van der Waals surface area (Å²) in [7, 11) is 0. The predicted molar refractivity (Wildman–Crippen MR) is 66.3 cm³/mol. The van der Waals surface area contributed by atoms with E-state index in [1.807, 2.05) is 6.92 Å². The summed E-state index contributed by atoms with van der Waals surface area (Å²) >= 11 is 3.27. The van der Waals surface area contributed by atoms with Crippen molar-refractivity contribution in [3.8, 4) is 0 Å². The van der Waals surface area contributed by atoms with Crippen LogP contribution in [0, 0.1) is 11.7 Å². The lowest BCUT2D eigenvalue weighted by Crippen LogP contribution is -2.27. The Labute approximate surface area is 107 Å². The highest BCUT2D eigenvalue weighted by atomic mass is 79.9. The van der Waals surface area contributed by atoms with Gasteiger partial charge in [-0.05, 0) is 47.5 Å². The maximum Gasteiger partial charge on any atom is 0.230 e. The molecule has 0 aromatic heterocycles. The van der Waals surface area contributed by atoms with Crippen molar-refractivity contribution in [2.24, 2.45) is 5.92 Å². The zero-order valence-electron chi connectivity index (χ0n) is 9.37. The molecule has 0 bridgehead atoms. The summed E-state index contributed by atoms with van der Waals surface area (Å²) in [6.45, 7) is 2.47. The second-order valence-corrected chi connectivity index (χ2v) is 4.94. The highest BCUT2D eigenvalue weighted by molar-refractivity contribution is 9.10. The smallest absolute Gasteiger partial charge is 0.230 e. The molecule has 92 valence electrons. The Morgan fingerprint density at radius 2 is 2.35 bits per heavy atom. The number of nitrogens with one attached hydrogen (secondary N) is 1. The van der Waals surface area contributed by atoms with Crippen LogP contribution >= 0.6 is 15.9 Å². The maximum absolute atomic E-state index is 13.1. The molecule has 1 aromatic rings. The lowest BCUT2D eigenvalue weighted by molar-refractivity contribution is -0.121. The number of rotatable bonds is 2. The molecule has 1 amide bonds. The summed E-state index contributed by atoms with van der Waals surface area (Å²) in [6, 6.07) is 4.20. The van der Waals surface area contributed by atoms with Crippen LogP contribution in [-0.4, -0.2) is 18.6 Å². The number of amides is 1. The summed E-state index contributed by atoms with van der Waals surface area (Å²) in [4.78, 5) is 12.0. The molecule has 2 unspecified atom stereocenters. The van der Waals surface area contributed by atoms with E-state index in [-0.39, 0.29) is 23.7 Å². The molecule has 1 aliphatic heterocycles. The van der Waals surface area contributed by atoms with Gasteiger partial charge in [-0.3, -0.25) is 4.79 Å². The lowest BCUT2D eigenvalue weighted by Gasteiger charge is -2.14. The summed E-state index contributed by atoms with van der Waals surface area (Å²) in [5.74, 6) is -0.661. The SMILES string of the molecule is CC1OCCC1C(=O)Nc1cc(F)ccc1Br. The first kappa shape index (κ1) is 12.5. The van der Waals surface area contributed by atoms with Crippen molar-refractivity contribution in [1.29, 1.82) is 0 Å². The molecule has 1 N–H and O–H groups in total. The highest BCUT2D eigenvalue weighted by Gasteiger charge is 2.30. The first-order chi connectivity index (χ1) is 8.08. The van der Waals surface area contributed by atoms with Crippen molar-refractivity contribution < 1.29 is 13.9 Å².